The fourth-order valence-corrected chi connectivity index (χ4v) is 1.67. The first-order chi connectivity index (χ1) is 9.43. The SMILES string of the molecule is CCc1ccc(C(=O)CCC(=O)NC(C)C(=O)O)cc1. The highest BCUT2D eigenvalue weighted by molar-refractivity contribution is 5.98. The number of carboxylic acids is 1. The van der Waals surface area contributed by atoms with E-state index in [0.29, 0.717) is 5.56 Å². The van der Waals surface area contributed by atoms with Crippen LogP contribution in [0.1, 0.15) is 42.6 Å². The van der Waals surface area contributed by atoms with Crippen molar-refractivity contribution in [1.29, 1.82) is 0 Å². The summed E-state index contributed by atoms with van der Waals surface area (Å²) in [5, 5.41) is 11.0. The lowest BCUT2D eigenvalue weighted by Crippen LogP contribution is -2.38. The second-order valence-corrected chi connectivity index (χ2v) is 4.60. The van der Waals surface area contributed by atoms with E-state index in [1.165, 1.54) is 6.92 Å². The summed E-state index contributed by atoms with van der Waals surface area (Å²) in [6, 6.07) is 6.33. The minimum absolute atomic E-state index is 0.00795. The lowest BCUT2D eigenvalue weighted by atomic mass is 10.0. The number of carbonyl (C=O) groups excluding carboxylic acids is 2. The molecule has 0 spiro atoms. The quantitative estimate of drug-likeness (QED) is 0.744. The molecule has 2 N–H and O–H groups in total. The molecule has 1 rings (SSSR count). The average Bonchev–Trinajstić information content (AvgIpc) is 2.44. The van der Waals surface area contributed by atoms with E-state index in [2.05, 4.69) is 5.32 Å². The van der Waals surface area contributed by atoms with Gasteiger partial charge in [-0.1, -0.05) is 31.2 Å². The summed E-state index contributed by atoms with van der Waals surface area (Å²) in [5.41, 5.74) is 1.72. The van der Waals surface area contributed by atoms with Crippen molar-refractivity contribution in [1.82, 2.24) is 5.32 Å². The van der Waals surface area contributed by atoms with Gasteiger partial charge in [0.25, 0.3) is 0 Å². The molecule has 1 aromatic rings. The number of carboxylic acid groups (broad SMARTS) is 1. The van der Waals surface area contributed by atoms with Crippen LogP contribution in [0.5, 0.6) is 0 Å². The van der Waals surface area contributed by atoms with E-state index >= 15 is 0 Å². The maximum absolute atomic E-state index is 11.9. The zero-order valence-corrected chi connectivity index (χ0v) is 11.7. The second-order valence-electron chi connectivity index (χ2n) is 4.60. The molecule has 0 bridgehead atoms. The summed E-state index contributed by atoms with van der Waals surface area (Å²) in [5.74, 6) is -1.65. The van der Waals surface area contributed by atoms with Crippen molar-refractivity contribution in [3.63, 3.8) is 0 Å². The Hall–Kier alpha value is -2.17. The van der Waals surface area contributed by atoms with Gasteiger partial charge in [0.05, 0.1) is 0 Å². The lowest BCUT2D eigenvalue weighted by Gasteiger charge is -2.08. The lowest BCUT2D eigenvalue weighted by molar-refractivity contribution is -0.141. The fraction of sp³-hybridized carbons (Fsp3) is 0.400. The molecule has 0 heterocycles. The topological polar surface area (TPSA) is 83.5 Å². The number of nitrogens with one attached hydrogen (secondary N) is 1. The van der Waals surface area contributed by atoms with Gasteiger partial charge in [0.2, 0.25) is 5.91 Å². The van der Waals surface area contributed by atoms with Crippen molar-refractivity contribution in [2.24, 2.45) is 0 Å². The smallest absolute Gasteiger partial charge is 0.325 e. The number of hydrogen-bond acceptors (Lipinski definition) is 3. The summed E-state index contributed by atoms with van der Waals surface area (Å²) >= 11 is 0. The van der Waals surface area contributed by atoms with E-state index in [0.717, 1.165) is 12.0 Å². The second kappa shape index (κ2) is 7.43. The molecule has 20 heavy (non-hydrogen) atoms. The molecule has 0 fully saturated rings. The van der Waals surface area contributed by atoms with Crippen LogP contribution in [-0.2, 0) is 16.0 Å². The van der Waals surface area contributed by atoms with Crippen LogP contribution in [0.2, 0.25) is 0 Å². The zero-order chi connectivity index (χ0) is 15.1. The van der Waals surface area contributed by atoms with Gasteiger partial charge in [-0.15, -0.1) is 0 Å². The molecule has 5 heteroatoms. The van der Waals surface area contributed by atoms with Gasteiger partial charge in [-0.05, 0) is 18.9 Å². The first kappa shape index (κ1) is 15.9. The van der Waals surface area contributed by atoms with Gasteiger partial charge in [-0.2, -0.15) is 0 Å². The molecule has 1 aromatic carbocycles. The largest absolute Gasteiger partial charge is 0.480 e. The Labute approximate surface area is 118 Å². The van der Waals surface area contributed by atoms with Crippen LogP contribution in [0.25, 0.3) is 0 Å². The Balaban J connectivity index is 2.46. The van der Waals surface area contributed by atoms with Crippen LogP contribution in [0.15, 0.2) is 24.3 Å². The van der Waals surface area contributed by atoms with Crippen LogP contribution in [0.4, 0.5) is 0 Å². The van der Waals surface area contributed by atoms with Crippen molar-refractivity contribution in [2.75, 3.05) is 0 Å². The molecule has 1 amide bonds. The Morgan fingerprint density at radius 1 is 1.15 bits per heavy atom. The molecule has 1 atom stereocenters. The standard InChI is InChI=1S/C15H19NO4/c1-3-11-4-6-12(7-5-11)13(17)8-9-14(18)16-10(2)15(19)20/h4-7,10H,3,8-9H2,1-2H3,(H,16,18)(H,19,20). The monoisotopic (exact) mass is 277 g/mol. The number of rotatable bonds is 7. The molecule has 108 valence electrons. The van der Waals surface area contributed by atoms with Gasteiger partial charge in [0.1, 0.15) is 6.04 Å². The highest BCUT2D eigenvalue weighted by Crippen LogP contribution is 2.08. The zero-order valence-electron chi connectivity index (χ0n) is 11.7. The van der Waals surface area contributed by atoms with E-state index in [4.69, 9.17) is 5.11 Å². The minimum Gasteiger partial charge on any atom is -0.480 e. The maximum atomic E-state index is 11.9. The number of ketones is 1. The summed E-state index contributed by atoms with van der Waals surface area (Å²) in [6.45, 7) is 3.41. The Kier molecular flexibility index (Phi) is 5.90. The van der Waals surface area contributed by atoms with Crippen LogP contribution in [-0.4, -0.2) is 28.8 Å². The summed E-state index contributed by atoms with van der Waals surface area (Å²) in [4.78, 5) is 33.9. The number of benzene rings is 1. The summed E-state index contributed by atoms with van der Waals surface area (Å²) < 4.78 is 0. The first-order valence-electron chi connectivity index (χ1n) is 6.58. The molecule has 0 aliphatic heterocycles. The van der Waals surface area contributed by atoms with Crippen LogP contribution < -0.4 is 5.32 Å². The molecule has 0 radical (unpaired) electrons. The van der Waals surface area contributed by atoms with Crippen molar-refractivity contribution >= 4 is 17.7 Å². The fourth-order valence-electron chi connectivity index (χ4n) is 1.67. The number of aliphatic carboxylic acids is 1. The van der Waals surface area contributed by atoms with Crippen molar-refractivity contribution < 1.29 is 19.5 Å². The molecule has 0 saturated carbocycles. The van der Waals surface area contributed by atoms with Gasteiger partial charge >= 0.3 is 5.97 Å². The van der Waals surface area contributed by atoms with Crippen LogP contribution >= 0.6 is 0 Å². The molecule has 0 saturated heterocycles. The van der Waals surface area contributed by atoms with Gasteiger partial charge in [0, 0.05) is 18.4 Å². The predicted molar refractivity (Wildman–Crippen MR) is 74.6 cm³/mol. The Morgan fingerprint density at radius 2 is 1.75 bits per heavy atom. The number of aryl methyl sites for hydroxylation is 1. The molecule has 1 unspecified atom stereocenters. The minimum atomic E-state index is -1.10. The summed E-state index contributed by atoms with van der Waals surface area (Å²) in [6.07, 6.45) is 0.972. The molecular weight excluding hydrogens is 258 g/mol. The van der Waals surface area contributed by atoms with E-state index < -0.39 is 17.9 Å². The van der Waals surface area contributed by atoms with Crippen molar-refractivity contribution in [2.45, 2.75) is 39.2 Å². The third-order valence-corrected chi connectivity index (χ3v) is 3.01. The number of hydrogen-bond donors (Lipinski definition) is 2. The maximum Gasteiger partial charge on any atom is 0.325 e. The van der Waals surface area contributed by atoms with Crippen molar-refractivity contribution in [3.05, 3.63) is 35.4 Å². The van der Waals surface area contributed by atoms with Gasteiger partial charge in [0.15, 0.2) is 5.78 Å². The van der Waals surface area contributed by atoms with E-state index in [1.807, 2.05) is 19.1 Å². The van der Waals surface area contributed by atoms with E-state index in [9.17, 15) is 14.4 Å². The average molecular weight is 277 g/mol. The Morgan fingerprint density at radius 3 is 2.25 bits per heavy atom. The molecular formula is C15H19NO4. The van der Waals surface area contributed by atoms with Gasteiger partial charge in [-0.3, -0.25) is 14.4 Å². The van der Waals surface area contributed by atoms with Crippen LogP contribution in [0.3, 0.4) is 0 Å². The number of Topliss-reactive ketones (excluding diaryl/α,β-unsaturated/α-hetero) is 1. The van der Waals surface area contributed by atoms with Gasteiger partial charge in [-0.25, -0.2) is 0 Å². The molecule has 0 aliphatic rings. The summed E-state index contributed by atoms with van der Waals surface area (Å²) in [7, 11) is 0. The molecule has 5 nitrogen and oxygen atoms in total. The number of carbonyl (C=O) groups is 3. The normalized spacial score (nSPS) is 11.7. The Bertz CT molecular complexity index is 493. The van der Waals surface area contributed by atoms with E-state index in [1.54, 1.807) is 12.1 Å². The molecule has 0 aliphatic carbocycles. The third kappa shape index (κ3) is 4.84. The third-order valence-electron chi connectivity index (χ3n) is 3.01. The highest BCUT2D eigenvalue weighted by atomic mass is 16.4. The predicted octanol–water partition coefficient (Wildman–Crippen LogP) is 1.80. The van der Waals surface area contributed by atoms with Gasteiger partial charge < -0.3 is 10.4 Å². The highest BCUT2D eigenvalue weighted by Gasteiger charge is 2.15. The van der Waals surface area contributed by atoms with Crippen LogP contribution in [0, 0.1) is 0 Å². The number of amides is 1. The van der Waals surface area contributed by atoms with Crippen molar-refractivity contribution in [3.8, 4) is 0 Å². The van der Waals surface area contributed by atoms with E-state index in [-0.39, 0.29) is 18.6 Å². The first-order valence-corrected chi connectivity index (χ1v) is 6.58. The molecule has 0 aromatic heterocycles.